The van der Waals surface area contributed by atoms with E-state index in [0.29, 0.717) is 12.8 Å². The molecule has 0 radical (unpaired) electrons. The van der Waals surface area contributed by atoms with E-state index >= 15 is 0 Å². The number of fused-ring (bicyclic) bond motifs is 1. The van der Waals surface area contributed by atoms with Gasteiger partial charge in [0.25, 0.3) is 0 Å². The Morgan fingerprint density at radius 3 is 2.56 bits per heavy atom. The summed E-state index contributed by atoms with van der Waals surface area (Å²) in [5.41, 5.74) is 0.232. The minimum atomic E-state index is -1.07. The summed E-state index contributed by atoms with van der Waals surface area (Å²) in [6, 6.07) is 0. The average Bonchev–Trinajstić information content (AvgIpc) is 3.21. The van der Waals surface area contributed by atoms with E-state index in [2.05, 4.69) is 6.58 Å². The molecule has 3 rings (SSSR count). The highest BCUT2D eigenvalue weighted by atomic mass is 16.6. The second-order valence-corrected chi connectivity index (χ2v) is 7.68. The van der Waals surface area contributed by atoms with Crippen molar-refractivity contribution in [3.8, 4) is 0 Å². The number of carboxylic acid groups (broad SMARTS) is 1. The van der Waals surface area contributed by atoms with Crippen LogP contribution in [0, 0.1) is 29.6 Å². The molecular formula is C19H24O8. The van der Waals surface area contributed by atoms with Crippen LogP contribution in [0.2, 0.25) is 0 Å². The van der Waals surface area contributed by atoms with Gasteiger partial charge in [-0.05, 0) is 26.7 Å². The van der Waals surface area contributed by atoms with Crippen LogP contribution in [0.3, 0.4) is 0 Å². The number of ether oxygens (including phenoxy) is 3. The molecule has 0 aromatic rings. The minimum Gasteiger partial charge on any atom is -0.481 e. The Morgan fingerprint density at radius 2 is 2.00 bits per heavy atom. The summed E-state index contributed by atoms with van der Waals surface area (Å²) in [6.07, 6.45) is -1.15. The number of hydrogen-bond donors (Lipinski definition) is 1. The zero-order valence-corrected chi connectivity index (χ0v) is 15.5. The van der Waals surface area contributed by atoms with Gasteiger partial charge in [0, 0.05) is 17.4 Å². The van der Waals surface area contributed by atoms with E-state index in [1.165, 1.54) is 6.92 Å². The maximum Gasteiger partial charge on any atom is 0.333 e. The molecule has 148 valence electrons. The molecule has 0 amide bonds. The summed E-state index contributed by atoms with van der Waals surface area (Å²) in [7, 11) is 0. The lowest BCUT2D eigenvalue weighted by molar-refractivity contribution is -0.173. The van der Waals surface area contributed by atoms with Crippen molar-refractivity contribution in [2.75, 3.05) is 0 Å². The van der Waals surface area contributed by atoms with Crippen LogP contribution in [0.1, 0.15) is 33.6 Å². The van der Waals surface area contributed by atoms with Gasteiger partial charge in [0.1, 0.15) is 18.3 Å². The Morgan fingerprint density at radius 1 is 1.33 bits per heavy atom. The molecule has 2 aliphatic carbocycles. The molecule has 8 nitrogen and oxygen atoms in total. The van der Waals surface area contributed by atoms with Gasteiger partial charge in [-0.2, -0.15) is 0 Å². The molecule has 1 heterocycles. The first-order valence-corrected chi connectivity index (χ1v) is 9.17. The van der Waals surface area contributed by atoms with Crippen molar-refractivity contribution < 1.29 is 38.5 Å². The lowest BCUT2D eigenvalue weighted by Crippen LogP contribution is -2.44. The lowest BCUT2D eigenvalue weighted by Gasteiger charge is -2.31. The summed E-state index contributed by atoms with van der Waals surface area (Å²) < 4.78 is 16.2. The van der Waals surface area contributed by atoms with Crippen molar-refractivity contribution in [1.29, 1.82) is 0 Å². The second-order valence-electron chi connectivity index (χ2n) is 7.68. The predicted octanol–water partition coefficient (Wildman–Crippen LogP) is 1.32. The van der Waals surface area contributed by atoms with E-state index in [1.807, 2.05) is 0 Å². The average molecular weight is 380 g/mol. The molecule has 0 aromatic heterocycles. The topological polar surface area (TPSA) is 116 Å². The van der Waals surface area contributed by atoms with Gasteiger partial charge in [0.2, 0.25) is 0 Å². The molecule has 0 spiro atoms. The molecule has 1 saturated heterocycles. The van der Waals surface area contributed by atoms with Crippen LogP contribution in [-0.2, 0) is 33.4 Å². The quantitative estimate of drug-likeness (QED) is 0.399. The van der Waals surface area contributed by atoms with Crippen molar-refractivity contribution >= 4 is 23.9 Å². The first kappa shape index (κ1) is 19.4. The number of hydrogen-bond acceptors (Lipinski definition) is 7. The summed E-state index contributed by atoms with van der Waals surface area (Å²) in [6.45, 7) is 8.41. The van der Waals surface area contributed by atoms with Gasteiger partial charge < -0.3 is 19.3 Å². The highest BCUT2D eigenvalue weighted by Gasteiger charge is 2.70. The van der Waals surface area contributed by atoms with Gasteiger partial charge in [0.15, 0.2) is 0 Å². The maximum absolute atomic E-state index is 12.6. The van der Waals surface area contributed by atoms with E-state index in [1.54, 1.807) is 13.8 Å². The number of aliphatic carboxylic acids is 1. The molecule has 0 aromatic carbocycles. The number of carbonyl (C=O) groups excluding carboxylic acids is 3. The third kappa shape index (κ3) is 3.11. The highest BCUT2D eigenvalue weighted by Crippen LogP contribution is 2.58. The van der Waals surface area contributed by atoms with E-state index in [-0.39, 0.29) is 11.5 Å². The van der Waals surface area contributed by atoms with Crippen LogP contribution >= 0.6 is 0 Å². The lowest BCUT2D eigenvalue weighted by atomic mass is 9.78. The van der Waals surface area contributed by atoms with Gasteiger partial charge in [0.05, 0.1) is 17.8 Å². The maximum atomic E-state index is 12.6. The summed E-state index contributed by atoms with van der Waals surface area (Å²) in [5.74, 6) is -5.72. The SMILES string of the molecule is C=C(C)C(=O)OC(CC)C(C)C(=O)OC1C2CC3C1OC(=O)C3C2C(=O)O. The first-order chi connectivity index (χ1) is 12.7. The van der Waals surface area contributed by atoms with Gasteiger partial charge in [-0.3, -0.25) is 14.4 Å². The highest BCUT2D eigenvalue weighted by molar-refractivity contribution is 5.87. The smallest absolute Gasteiger partial charge is 0.333 e. The fourth-order valence-electron chi connectivity index (χ4n) is 4.65. The van der Waals surface area contributed by atoms with Crippen LogP contribution in [0.15, 0.2) is 12.2 Å². The van der Waals surface area contributed by atoms with Crippen molar-refractivity contribution in [2.45, 2.75) is 51.9 Å². The molecule has 2 saturated carbocycles. The van der Waals surface area contributed by atoms with E-state index in [4.69, 9.17) is 14.2 Å². The third-order valence-corrected chi connectivity index (χ3v) is 6.02. The minimum absolute atomic E-state index is 0.222. The zero-order valence-electron chi connectivity index (χ0n) is 15.5. The number of esters is 3. The standard InChI is InChI=1S/C19H24O8/c1-5-11(25-17(22)7(2)3)8(4)18(23)26-14-9-6-10-13(12(9)16(20)21)19(24)27-15(10)14/h8-15H,2,5-6H2,1,3-4H3,(H,20,21). The predicted molar refractivity (Wildman–Crippen MR) is 90.1 cm³/mol. The van der Waals surface area contributed by atoms with Crippen LogP contribution in [-0.4, -0.2) is 47.3 Å². The molecular weight excluding hydrogens is 356 g/mol. The van der Waals surface area contributed by atoms with Crippen molar-refractivity contribution in [3.63, 3.8) is 0 Å². The van der Waals surface area contributed by atoms with E-state index in [9.17, 15) is 24.3 Å². The normalized spacial score (nSPS) is 35.3. The number of carboxylic acids is 1. The summed E-state index contributed by atoms with van der Waals surface area (Å²) in [5, 5.41) is 9.50. The molecule has 3 aliphatic rings. The fourth-order valence-corrected chi connectivity index (χ4v) is 4.65. The van der Waals surface area contributed by atoms with E-state index in [0.717, 1.165) is 0 Å². The van der Waals surface area contributed by atoms with Gasteiger partial charge >= 0.3 is 23.9 Å². The van der Waals surface area contributed by atoms with E-state index < -0.39 is 65.9 Å². The molecule has 2 bridgehead atoms. The summed E-state index contributed by atoms with van der Waals surface area (Å²) >= 11 is 0. The molecule has 1 aliphatic heterocycles. The van der Waals surface area contributed by atoms with Gasteiger partial charge in [-0.1, -0.05) is 13.5 Å². The molecule has 8 atom stereocenters. The summed E-state index contributed by atoms with van der Waals surface area (Å²) in [4.78, 5) is 48.0. The zero-order chi connectivity index (χ0) is 20.0. The molecule has 8 unspecified atom stereocenters. The third-order valence-electron chi connectivity index (χ3n) is 6.02. The van der Waals surface area contributed by atoms with Crippen LogP contribution < -0.4 is 0 Å². The fraction of sp³-hybridized carbons (Fsp3) is 0.684. The Kier molecular flexibility index (Phi) is 5.01. The molecule has 27 heavy (non-hydrogen) atoms. The Bertz CT molecular complexity index is 698. The first-order valence-electron chi connectivity index (χ1n) is 9.17. The van der Waals surface area contributed by atoms with Gasteiger partial charge in [-0.25, -0.2) is 4.79 Å². The van der Waals surface area contributed by atoms with Crippen molar-refractivity contribution in [2.24, 2.45) is 29.6 Å². The largest absolute Gasteiger partial charge is 0.481 e. The van der Waals surface area contributed by atoms with Crippen LogP contribution in [0.4, 0.5) is 0 Å². The Hall–Kier alpha value is -2.38. The monoisotopic (exact) mass is 380 g/mol. The Labute approximate surface area is 156 Å². The van der Waals surface area contributed by atoms with Crippen LogP contribution in [0.5, 0.6) is 0 Å². The molecule has 8 heteroatoms. The second kappa shape index (κ2) is 6.98. The molecule has 1 N–H and O–H groups in total. The van der Waals surface area contributed by atoms with Crippen molar-refractivity contribution in [1.82, 2.24) is 0 Å². The molecule has 3 fully saturated rings. The Balaban J connectivity index is 1.70. The van der Waals surface area contributed by atoms with Crippen molar-refractivity contribution in [3.05, 3.63) is 12.2 Å². The van der Waals surface area contributed by atoms with Crippen LogP contribution in [0.25, 0.3) is 0 Å². The number of rotatable bonds is 7. The van der Waals surface area contributed by atoms with Gasteiger partial charge in [-0.15, -0.1) is 0 Å². The number of carbonyl (C=O) groups is 4.